The van der Waals surface area contributed by atoms with E-state index in [9.17, 15) is 9.59 Å². The minimum Gasteiger partial charge on any atom is -0.480 e. The minimum atomic E-state index is -1.01. The quantitative estimate of drug-likeness (QED) is 0.543. The van der Waals surface area contributed by atoms with Crippen molar-refractivity contribution >= 4 is 50.6 Å². The summed E-state index contributed by atoms with van der Waals surface area (Å²) in [7, 11) is 2.09. The molecule has 0 saturated carbocycles. The molecule has 1 fully saturated rings. The average molecular weight is 440 g/mol. The van der Waals surface area contributed by atoms with Crippen LogP contribution in [0.4, 0.5) is 16.6 Å². The third kappa shape index (κ3) is 4.78. The van der Waals surface area contributed by atoms with E-state index in [1.807, 2.05) is 42.5 Å². The molecule has 1 aliphatic rings. The Labute approximate surface area is 184 Å². The fraction of sp³-hybridized carbons (Fsp3) is 0.318. The number of piperazine rings is 1. The van der Waals surface area contributed by atoms with Crippen molar-refractivity contribution < 1.29 is 14.7 Å². The fourth-order valence-electron chi connectivity index (χ4n) is 3.55. The minimum absolute atomic E-state index is 0.298. The van der Waals surface area contributed by atoms with Gasteiger partial charge in [-0.05, 0) is 36.9 Å². The Kier molecular flexibility index (Phi) is 6.06. The first kappa shape index (κ1) is 21.1. The molecule has 31 heavy (non-hydrogen) atoms. The zero-order valence-electron chi connectivity index (χ0n) is 17.5. The second-order valence-electron chi connectivity index (χ2n) is 7.71. The van der Waals surface area contributed by atoms with Crippen molar-refractivity contribution in [1.29, 1.82) is 0 Å². The Balaban J connectivity index is 1.58. The molecular weight excluding hydrogens is 414 g/mol. The van der Waals surface area contributed by atoms with E-state index in [4.69, 9.17) is 5.11 Å². The van der Waals surface area contributed by atoms with Gasteiger partial charge in [0.1, 0.15) is 11.4 Å². The summed E-state index contributed by atoms with van der Waals surface area (Å²) in [6.07, 6.45) is 0. The number of aromatic nitrogens is 1. The number of hydrogen-bond donors (Lipinski definition) is 3. The number of likely N-dealkylation sites (N-methyl/N-ethyl adjacent to an activating group) is 1. The highest BCUT2D eigenvalue weighted by Gasteiger charge is 2.26. The Morgan fingerprint density at radius 3 is 2.71 bits per heavy atom. The lowest BCUT2D eigenvalue weighted by molar-refractivity contribution is -0.134. The largest absolute Gasteiger partial charge is 0.480 e. The number of hydrogen-bond acceptors (Lipinski definition) is 7. The molecule has 1 unspecified atom stereocenters. The summed E-state index contributed by atoms with van der Waals surface area (Å²) >= 11 is 1.28. The van der Waals surface area contributed by atoms with E-state index >= 15 is 0 Å². The van der Waals surface area contributed by atoms with Gasteiger partial charge in [-0.1, -0.05) is 41.7 Å². The van der Waals surface area contributed by atoms with Gasteiger partial charge in [0.15, 0.2) is 10.9 Å². The van der Waals surface area contributed by atoms with Crippen molar-refractivity contribution in [2.24, 2.45) is 0 Å². The van der Waals surface area contributed by atoms with Crippen LogP contribution in [0.5, 0.6) is 0 Å². The second kappa shape index (κ2) is 8.91. The maximum atomic E-state index is 13.1. The van der Waals surface area contributed by atoms with Gasteiger partial charge in [-0.15, -0.1) is 0 Å². The van der Waals surface area contributed by atoms with Crippen molar-refractivity contribution in [3.05, 3.63) is 47.3 Å². The highest BCUT2D eigenvalue weighted by atomic mass is 32.1. The molecule has 1 saturated heterocycles. The van der Waals surface area contributed by atoms with E-state index in [1.54, 1.807) is 0 Å². The smallest absolute Gasteiger partial charge is 0.322 e. The van der Waals surface area contributed by atoms with Crippen molar-refractivity contribution in [3.8, 4) is 0 Å². The van der Waals surface area contributed by atoms with E-state index in [0.717, 1.165) is 35.5 Å². The summed E-state index contributed by atoms with van der Waals surface area (Å²) in [5.74, 6) is -1.02. The molecule has 3 N–H and O–H groups in total. The molecule has 1 aliphatic heterocycles. The summed E-state index contributed by atoms with van der Waals surface area (Å²) in [5.41, 5.74) is 0.677. The first-order chi connectivity index (χ1) is 14.9. The van der Waals surface area contributed by atoms with Crippen molar-refractivity contribution in [2.45, 2.75) is 13.0 Å². The highest BCUT2D eigenvalue weighted by Crippen LogP contribution is 2.32. The number of carbonyl (C=O) groups excluding carboxylic acids is 1. The van der Waals surface area contributed by atoms with Crippen molar-refractivity contribution in [3.63, 3.8) is 0 Å². The zero-order valence-corrected chi connectivity index (χ0v) is 18.3. The molecule has 3 aromatic rings. The maximum Gasteiger partial charge on any atom is 0.322 e. The maximum absolute atomic E-state index is 13.1. The highest BCUT2D eigenvalue weighted by molar-refractivity contribution is 7.18. The molecule has 4 rings (SSSR count). The van der Waals surface area contributed by atoms with Crippen LogP contribution in [-0.2, 0) is 4.79 Å². The predicted molar refractivity (Wildman–Crippen MR) is 124 cm³/mol. The molecule has 162 valence electrons. The molecule has 1 aromatic heterocycles. The molecular formula is C22H25N5O3S. The van der Waals surface area contributed by atoms with Gasteiger partial charge in [0.2, 0.25) is 0 Å². The molecule has 0 spiro atoms. The van der Waals surface area contributed by atoms with Crippen LogP contribution in [0, 0.1) is 0 Å². The van der Waals surface area contributed by atoms with Crippen molar-refractivity contribution in [2.75, 3.05) is 48.8 Å². The number of carbonyl (C=O) groups is 2. The lowest BCUT2D eigenvalue weighted by Crippen LogP contribution is -2.50. The first-order valence-corrected chi connectivity index (χ1v) is 10.9. The lowest BCUT2D eigenvalue weighted by atomic mass is 10.1. The predicted octanol–water partition coefficient (Wildman–Crippen LogP) is 3.19. The van der Waals surface area contributed by atoms with Gasteiger partial charge in [0.25, 0.3) is 5.91 Å². The van der Waals surface area contributed by atoms with Gasteiger partial charge in [0, 0.05) is 31.4 Å². The monoisotopic (exact) mass is 439 g/mol. The fourth-order valence-corrected chi connectivity index (χ4v) is 4.53. The molecule has 0 bridgehead atoms. The molecule has 9 heteroatoms. The summed E-state index contributed by atoms with van der Waals surface area (Å²) in [4.78, 5) is 33.5. The molecule has 2 aromatic carbocycles. The Hall–Kier alpha value is -3.17. The standard InChI is InChI=1S/C22H25N5O3S/c1-14-13-27(10-9-26(14)2)22-25-20(23-12-18(28)29)19(31-22)21(30)24-17-8-7-15-5-3-4-6-16(15)11-17/h3-8,11,14,23H,9-10,12-13H2,1-2H3,(H,24,30)(H,28,29). The van der Waals surface area contributed by atoms with Gasteiger partial charge in [-0.25, -0.2) is 4.98 Å². The first-order valence-electron chi connectivity index (χ1n) is 10.1. The van der Waals surface area contributed by atoms with Crippen LogP contribution in [0.1, 0.15) is 16.6 Å². The summed E-state index contributed by atoms with van der Waals surface area (Å²) in [6, 6.07) is 14.0. The van der Waals surface area contributed by atoms with Crippen LogP contribution in [0.3, 0.4) is 0 Å². The summed E-state index contributed by atoms with van der Waals surface area (Å²) in [5, 5.41) is 17.6. The van der Waals surface area contributed by atoms with Gasteiger partial charge in [-0.3, -0.25) is 9.59 Å². The lowest BCUT2D eigenvalue weighted by Gasteiger charge is -2.37. The van der Waals surface area contributed by atoms with E-state index in [1.165, 1.54) is 11.3 Å². The van der Waals surface area contributed by atoms with E-state index in [0.29, 0.717) is 22.4 Å². The van der Waals surface area contributed by atoms with E-state index < -0.39 is 5.97 Å². The second-order valence-corrected chi connectivity index (χ2v) is 8.69. The normalized spacial score (nSPS) is 17.0. The van der Waals surface area contributed by atoms with Crippen LogP contribution in [0.25, 0.3) is 10.8 Å². The van der Waals surface area contributed by atoms with Crippen LogP contribution in [0.15, 0.2) is 42.5 Å². The number of fused-ring (bicyclic) bond motifs is 1. The Bertz CT molecular complexity index is 1120. The number of anilines is 3. The number of carboxylic acid groups (broad SMARTS) is 1. The van der Waals surface area contributed by atoms with Crippen LogP contribution in [-0.4, -0.2) is 66.1 Å². The summed E-state index contributed by atoms with van der Waals surface area (Å²) < 4.78 is 0. The third-order valence-corrected chi connectivity index (χ3v) is 6.58. The Morgan fingerprint density at radius 2 is 1.97 bits per heavy atom. The molecule has 0 radical (unpaired) electrons. The number of benzene rings is 2. The Morgan fingerprint density at radius 1 is 1.19 bits per heavy atom. The SMILES string of the molecule is CC1CN(c2nc(NCC(=O)O)c(C(=O)Nc3ccc4ccccc4c3)s2)CCN1C. The van der Waals surface area contributed by atoms with Gasteiger partial charge < -0.3 is 25.5 Å². The number of aliphatic carboxylic acids is 1. The number of amides is 1. The summed E-state index contributed by atoms with van der Waals surface area (Å²) in [6.45, 7) is 4.35. The number of nitrogens with one attached hydrogen (secondary N) is 2. The number of nitrogens with zero attached hydrogens (tertiary/aromatic N) is 3. The van der Waals surface area contributed by atoms with Crippen LogP contribution >= 0.6 is 11.3 Å². The average Bonchev–Trinajstić information content (AvgIpc) is 3.18. The van der Waals surface area contributed by atoms with Gasteiger partial charge >= 0.3 is 5.97 Å². The third-order valence-electron chi connectivity index (χ3n) is 5.47. The van der Waals surface area contributed by atoms with Crippen molar-refractivity contribution in [1.82, 2.24) is 9.88 Å². The van der Waals surface area contributed by atoms with Crippen LogP contribution < -0.4 is 15.5 Å². The number of thiazole rings is 1. The van der Waals surface area contributed by atoms with E-state index in [2.05, 4.69) is 39.4 Å². The van der Waals surface area contributed by atoms with E-state index in [-0.39, 0.29) is 12.5 Å². The number of carboxylic acids is 1. The molecule has 8 nitrogen and oxygen atoms in total. The topological polar surface area (TPSA) is 97.8 Å². The number of rotatable bonds is 6. The van der Waals surface area contributed by atoms with Gasteiger partial charge in [0.05, 0.1) is 0 Å². The zero-order chi connectivity index (χ0) is 22.0. The molecule has 1 amide bonds. The van der Waals surface area contributed by atoms with Crippen LogP contribution in [0.2, 0.25) is 0 Å². The van der Waals surface area contributed by atoms with Gasteiger partial charge in [-0.2, -0.15) is 0 Å². The molecule has 1 atom stereocenters. The molecule has 2 heterocycles. The molecule has 0 aliphatic carbocycles.